The number of halogens is 1. The molecule has 0 saturated heterocycles. The number of aryl methyl sites for hydroxylation is 1. The lowest BCUT2D eigenvalue weighted by atomic mass is 10.1. The van der Waals surface area contributed by atoms with Gasteiger partial charge in [0.15, 0.2) is 0 Å². The topological polar surface area (TPSA) is 63.1 Å². The van der Waals surface area contributed by atoms with Gasteiger partial charge in [-0.1, -0.05) is 17.3 Å². The number of carbonyl (C=O) groups is 1. The first kappa shape index (κ1) is 16.1. The van der Waals surface area contributed by atoms with E-state index in [4.69, 9.17) is 0 Å². The van der Waals surface area contributed by atoms with Crippen molar-refractivity contribution in [3.8, 4) is 0 Å². The highest BCUT2D eigenvalue weighted by molar-refractivity contribution is 5.83. The molecule has 0 aliphatic rings. The van der Waals surface area contributed by atoms with Gasteiger partial charge in [-0.05, 0) is 38.7 Å². The number of rotatable bonds is 6. The van der Waals surface area contributed by atoms with Gasteiger partial charge in [0, 0.05) is 12.7 Å². The number of amides is 1. The van der Waals surface area contributed by atoms with Crippen LogP contribution < -0.4 is 5.32 Å². The third kappa shape index (κ3) is 4.11. The average molecular weight is 305 g/mol. The fraction of sp³-hybridized carbons (Fsp3) is 0.400. The average Bonchev–Trinajstić information content (AvgIpc) is 2.84. The van der Waals surface area contributed by atoms with Crippen LogP contribution in [0.3, 0.4) is 0 Å². The van der Waals surface area contributed by atoms with E-state index in [-0.39, 0.29) is 11.7 Å². The summed E-state index contributed by atoms with van der Waals surface area (Å²) in [5.74, 6) is -0.525. The Bertz CT molecular complexity index is 640. The summed E-state index contributed by atoms with van der Waals surface area (Å²) >= 11 is 0. The molecule has 0 aliphatic carbocycles. The van der Waals surface area contributed by atoms with E-state index in [0.29, 0.717) is 18.7 Å². The first-order valence-electron chi connectivity index (χ1n) is 7.03. The SMILES string of the molecule is Cc1cn(CCNC(=O)[C@H](c2cccc(F)c2)N(C)C)nn1. The number of nitrogens with one attached hydrogen (secondary N) is 1. The highest BCUT2D eigenvalue weighted by atomic mass is 19.1. The fourth-order valence-electron chi connectivity index (χ4n) is 2.26. The minimum Gasteiger partial charge on any atom is -0.353 e. The van der Waals surface area contributed by atoms with E-state index < -0.39 is 6.04 Å². The molecule has 6 nitrogen and oxygen atoms in total. The van der Waals surface area contributed by atoms with E-state index in [2.05, 4.69) is 15.6 Å². The van der Waals surface area contributed by atoms with Gasteiger partial charge in [0.1, 0.15) is 11.9 Å². The van der Waals surface area contributed by atoms with Gasteiger partial charge in [0.25, 0.3) is 0 Å². The van der Waals surface area contributed by atoms with E-state index in [1.165, 1.54) is 12.1 Å². The van der Waals surface area contributed by atoms with Gasteiger partial charge >= 0.3 is 0 Å². The zero-order valence-electron chi connectivity index (χ0n) is 13.0. The summed E-state index contributed by atoms with van der Waals surface area (Å²) in [4.78, 5) is 14.1. The molecule has 22 heavy (non-hydrogen) atoms. The van der Waals surface area contributed by atoms with Gasteiger partial charge in [-0.25, -0.2) is 4.39 Å². The molecule has 0 aliphatic heterocycles. The highest BCUT2D eigenvalue weighted by Crippen LogP contribution is 2.19. The number of hydrogen-bond donors (Lipinski definition) is 1. The van der Waals surface area contributed by atoms with Gasteiger partial charge in [-0.2, -0.15) is 0 Å². The molecule has 1 aromatic heterocycles. The van der Waals surface area contributed by atoms with Gasteiger partial charge in [0.2, 0.25) is 5.91 Å². The van der Waals surface area contributed by atoms with Gasteiger partial charge in [0.05, 0.1) is 12.2 Å². The minimum atomic E-state index is -0.534. The second kappa shape index (κ2) is 7.13. The van der Waals surface area contributed by atoms with Crippen molar-refractivity contribution in [3.63, 3.8) is 0 Å². The van der Waals surface area contributed by atoms with Crippen LogP contribution in [0.2, 0.25) is 0 Å². The predicted molar refractivity (Wildman–Crippen MR) is 80.6 cm³/mol. The zero-order valence-corrected chi connectivity index (χ0v) is 13.0. The summed E-state index contributed by atoms with van der Waals surface area (Å²) in [7, 11) is 3.58. The molecule has 0 unspecified atom stereocenters. The van der Waals surface area contributed by atoms with Crippen molar-refractivity contribution in [2.45, 2.75) is 19.5 Å². The number of carbonyl (C=O) groups excluding carboxylic acids is 1. The molecule has 118 valence electrons. The molecule has 0 radical (unpaired) electrons. The molecular weight excluding hydrogens is 285 g/mol. The van der Waals surface area contributed by atoms with Crippen molar-refractivity contribution in [3.05, 3.63) is 47.5 Å². The van der Waals surface area contributed by atoms with Crippen LogP contribution in [0, 0.1) is 12.7 Å². The Balaban J connectivity index is 1.98. The van der Waals surface area contributed by atoms with Crippen LogP contribution in [-0.4, -0.2) is 46.4 Å². The standard InChI is InChI=1S/C15H20FN5O/c1-11-10-21(19-18-11)8-7-17-15(22)14(20(2)3)12-5-4-6-13(16)9-12/h4-6,9-10,14H,7-8H2,1-3H3,(H,17,22)/t14-/m0/s1. The Morgan fingerprint density at radius 1 is 1.45 bits per heavy atom. The monoisotopic (exact) mass is 305 g/mol. The second-order valence-electron chi connectivity index (χ2n) is 5.34. The van der Waals surface area contributed by atoms with Crippen molar-refractivity contribution in [1.82, 2.24) is 25.2 Å². The van der Waals surface area contributed by atoms with Crippen molar-refractivity contribution < 1.29 is 9.18 Å². The lowest BCUT2D eigenvalue weighted by Gasteiger charge is -2.23. The number of likely N-dealkylation sites (N-methyl/N-ethyl adjacent to an activating group) is 1. The largest absolute Gasteiger partial charge is 0.353 e. The van der Waals surface area contributed by atoms with Gasteiger partial charge < -0.3 is 5.32 Å². The first-order chi connectivity index (χ1) is 10.5. The molecule has 1 N–H and O–H groups in total. The van der Waals surface area contributed by atoms with Gasteiger partial charge in [-0.3, -0.25) is 14.4 Å². The van der Waals surface area contributed by atoms with Crippen LogP contribution in [0.15, 0.2) is 30.5 Å². The maximum atomic E-state index is 13.4. The second-order valence-corrected chi connectivity index (χ2v) is 5.34. The number of aromatic nitrogens is 3. The smallest absolute Gasteiger partial charge is 0.242 e. The molecular formula is C15H20FN5O. The quantitative estimate of drug-likeness (QED) is 0.869. The molecule has 7 heteroatoms. The molecule has 0 fully saturated rings. The lowest BCUT2D eigenvalue weighted by Crippen LogP contribution is -2.38. The predicted octanol–water partition coefficient (Wildman–Crippen LogP) is 1.14. The Kier molecular flexibility index (Phi) is 5.21. The first-order valence-corrected chi connectivity index (χ1v) is 7.03. The molecule has 1 amide bonds. The molecule has 1 heterocycles. The Hall–Kier alpha value is -2.28. The molecule has 2 rings (SSSR count). The molecule has 0 spiro atoms. The van der Waals surface area contributed by atoms with Crippen LogP contribution >= 0.6 is 0 Å². The summed E-state index contributed by atoms with van der Waals surface area (Å²) in [5, 5.41) is 10.7. The number of hydrogen-bond acceptors (Lipinski definition) is 4. The summed E-state index contributed by atoms with van der Waals surface area (Å²) < 4.78 is 15.0. The van der Waals surface area contributed by atoms with Crippen LogP contribution in [0.1, 0.15) is 17.3 Å². The molecule has 1 atom stereocenters. The Morgan fingerprint density at radius 3 is 2.82 bits per heavy atom. The van der Waals surface area contributed by atoms with Crippen LogP contribution in [-0.2, 0) is 11.3 Å². The third-order valence-electron chi connectivity index (χ3n) is 3.22. The lowest BCUT2D eigenvalue weighted by molar-refractivity contribution is -0.125. The Labute approximate surface area is 128 Å². The fourth-order valence-corrected chi connectivity index (χ4v) is 2.26. The van der Waals surface area contributed by atoms with Crippen LogP contribution in [0.5, 0.6) is 0 Å². The molecule has 1 aromatic carbocycles. The molecule has 0 bridgehead atoms. The van der Waals surface area contributed by atoms with E-state index in [1.54, 1.807) is 35.8 Å². The summed E-state index contributed by atoms with van der Waals surface area (Å²) in [5.41, 5.74) is 1.45. The van der Waals surface area contributed by atoms with Crippen LogP contribution in [0.25, 0.3) is 0 Å². The highest BCUT2D eigenvalue weighted by Gasteiger charge is 2.22. The van der Waals surface area contributed by atoms with Crippen molar-refractivity contribution in [2.24, 2.45) is 0 Å². The van der Waals surface area contributed by atoms with Crippen molar-refractivity contribution in [1.29, 1.82) is 0 Å². The van der Waals surface area contributed by atoms with Crippen molar-refractivity contribution >= 4 is 5.91 Å². The van der Waals surface area contributed by atoms with Crippen molar-refractivity contribution in [2.75, 3.05) is 20.6 Å². The van der Waals surface area contributed by atoms with E-state index >= 15 is 0 Å². The molecule has 2 aromatic rings. The molecule has 0 saturated carbocycles. The maximum Gasteiger partial charge on any atom is 0.242 e. The maximum absolute atomic E-state index is 13.4. The van der Waals surface area contributed by atoms with E-state index in [9.17, 15) is 9.18 Å². The third-order valence-corrected chi connectivity index (χ3v) is 3.22. The summed E-state index contributed by atoms with van der Waals surface area (Å²) in [6.07, 6.45) is 1.81. The summed E-state index contributed by atoms with van der Waals surface area (Å²) in [6, 6.07) is 5.56. The Morgan fingerprint density at radius 2 is 2.23 bits per heavy atom. The normalized spacial score (nSPS) is 12.4. The zero-order chi connectivity index (χ0) is 16.1. The van der Waals surface area contributed by atoms with E-state index in [1.807, 2.05) is 13.1 Å². The summed E-state index contributed by atoms with van der Waals surface area (Å²) in [6.45, 7) is 2.82. The van der Waals surface area contributed by atoms with Crippen LogP contribution in [0.4, 0.5) is 4.39 Å². The minimum absolute atomic E-state index is 0.174. The van der Waals surface area contributed by atoms with E-state index in [0.717, 1.165) is 5.69 Å². The van der Waals surface area contributed by atoms with Gasteiger partial charge in [-0.15, -0.1) is 5.10 Å². The number of nitrogens with zero attached hydrogens (tertiary/aromatic N) is 4. The number of benzene rings is 1.